The van der Waals surface area contributed by atoms with Crippen molar-refractivity contribution in [3.8, 4) is 6.07 Å². The van der Waals surface area contributed by atoms with E-state index in [0.29, 0.717) is 11.3 Å². The number of ketones is 1. The molecule has 5 heteroatoms. The van der Waals surface area contributed by atoms with Crippen molar-refractivity contribution < 1.29 is 9.53 Å². The Morgan fingerprint density at radius 3 is 2.84 bits per heavy atom. The van der Waals surface area contributed by atoms with E-state index in [-0.39, 0.29) is 17.2 Å². The van der Waals surface area contributed by atoms with Crippen LogP contribution in [0.2, 0.25) is 0 Å². The van der Waals surface area contributed by atoms with Crippen LogP contribution in [0.15, 0.2) is 47.3 Å². The number of rotatable bonds is 2. The summed E-state index contributed by atoms with van der Waals surface area (Å²) >= 11 is 0. The zero-order valence-electron chi connectivity index (χ0n) is 10.7. The lowest BCUT2D eigenvalue weighted by atomic mass is 9.82. The molecule has 2 heterocycles. The van der Waals surface area contributed by atoms with Gasteiger partial charge in [0.15, 0.2) is 5.78 Å². The van der Waals surface area contributed by atoms with E-state index in [1.54, 1.807) is 25.4 Å². The average Bonchev–Trinajstić information content (AvgIpc) is 2.38. The molecule has 0 saturated heterocycles. The van der Waals surface area contributed by atoms with Crippen LogP contribution in [0.5, 0.6) is 0 Å². The number of aromatic nitrogens is 1. The molecule has 5 nitrogen and oxygen atoms in total. The second kappa shape index (κ2) is 4.94. The summed E-state index contributed by atoms with van der Waals surface area (Å²) in [4.78, 5) is 15.9. The molecular formula is C14H13N3O2. The van der Waals surface area contributed by atoms with Crippen LogP contribution in [0.3, 0.4) is 0 Å². The minimum Gasteiger partial charge on any atom is -0.445 e. The summed E-state index contributed by atoms with van der Waals surface area (Å²) in [5, 5.41) is 9.26. The molecular weight excluding hydrogens is 242 g/mol. The summed E-state index contributed by atoms with van der Waals surface area (Å²) in [6, 6.07) is 5.59. The maximum Gasteiger partial charge on any atom is 0.205 e. The number of pyridine rings is 1. The Bertz CT molecular complexity index is 624. The molecule has 1 aromatic heterocycles. The van der Waals surface area contributed by atoms with Gasteiger partial charge in [-0.2, -0.15) is 5.26 Å². The molecule has 2 rings (SSSR count). The van der Waals surface area contributed by atoms with Crippen LogP contribution in [-0.4, -0.2) is 10.8 Å². The largest absolute Gasteiger partial charge is 0.445 e. The number of hydrogen-bond donors (Lipinski definition) is 1. The van der Waals surface area contributed by atoms with Gasteiger partial charge in [0.1, 0.15) is 17.4 Å². The lowest BCUT2D eigenvalue weighted by molar-refractivity contribution is -0.114. The zero-order valence-corrected chi connectivity index (χ0v) is 10.7. The van der Waals surface area contributed by atoms with Gasteiger partial charge in [-0.1, -0.05) is 6.07 Å². The molecule has 0 aromatic carbocycles. The van der Waals surface area contributed by atoms with Gasteiger partial charge in [-0.15, -0.1) is 0 Å². The quantitative estimate of drug-likeness (QED) is 0.869. The highest BCUT2D eigenvalue weighted by Gasteiger charge is 2.33. The van der Waals surface area contributed by atoms with E-state index in [1.165, 1.54) is 6.92 Å². The number of carbonyl (C=O) groups excluding carboxylic acids is 1. The van der Waals surface area contributed by atoms with Crippen molar-refractivity contribution in [3.63, 3.8) is 0 Å². The van der Waals surface area contributed by atoms with Crippen LogP contribution in [0.4, 0.5) is 0 Å². The first-order chi connectivity index (χ1) is 9.06. The molecule has 19 heavy (non-hydrogen) atoms. The number of nitrogens with two attached hydrogens (primary N) is 1. The highest BCUT2D eigenvalue weighted by Crippen LogP contribution is 2.38. The number of nitrogens with zero attached hydrogens (tertiary/aromatic N) is 2. The highest BCUT2D eigenvalue weighted by atomic mass is 16.5. The molecule has 0 radical (unpaired) electrons. The van der Waals surface area contributed by atoms with Crippen molar-refractivity contribution in [1.82, 2.24) is 4.98 Å². The summed E-state index contributed by atoms with van der Waals surface area (Å²) in [6.07, 6.45) is 3.25. The summed E-state index contributed by atoms with van der Waals surface area (Å²) < 4.78 is 5.29. The van der Waals surface area contributed by atoms with Crippen LogP contribution in [0.1, 0.15) is 25.3 Å². The summed E-state index contributed by atoms with van der Waals surface area (Å²) in [5.74, 6) is -0.187. The fourth-order valence-electron chi connectivity index (χ4n) is 2.22. The molecule has 0 amide bonds. The summed E-state index contributed by atoms with van der Waals surface area (Å²) in [7, 11) is 0. The number of Topliss-reactive ketones (excluding diaryl/α,β-unsaturated/α-hetero) is 1. The minimum absolute atomic E-state index is 0.0406. The van der Waals surface area contributed by atoms with E-state index in [4.69, 9.17) is 10.5 Å². The molecule has 1 aromatic rings. The first-order valence-corrected chi connectivity index (χ1v) is 5.75. The third-order valence-corrected chi connectivity index (χ3v) is 3.00. The summed E-state index contributed by atoms with van der Waals surface area (Å²) in [6.45, 7) is 3.11. The predicted octanol–water partition coefficient (Wildman–Crippen LogP) is 1.75. The van der Waals surface area contributed by atoms with Gasteiger partial charge in [0.2, 0.25) is 5.88 Å². The Kier molecular flexibility index (Phi) is 3.34. The molecule has 0 saturated carbocycles. The first-order valence-electron chi connectivity index (χ1n) is 5.75. The predicted molar refractivity (Wildman–Crippen MR) is 68.3 cm³/mol. The van der Waals surface area contributed by atoms with Crippen LogP contribution in [-0.2, 0) is 9.53 Å². The van der Waals surface area contributed by atoms with E-state index >= 15 is 0 Å². The number of ether oxygens (including phenoxy) is 1. The molecule has 2 N–H and O–H groups in total. The fraction of sp³-hybridized carbons (Fsp3) is 0.214. The Morgan fingerprint density at radius 1 is 1.58 bits per heavy atom. The molecule has 0 bridgehead atoms. The van der Waals surface area contributed by atoms with Gasteiger partial charge in [-0.25, -0.2) is 0 Å². The first kappa shape index (κ1) is 12.8. The topological polar surface area (TPSA) is 89.0 Å². The maximum atomic E-state index is 11.8. The van der Waals surface area contributed by atoms with Crippen LogP contribution in [0, 0.1) is 11.3 Å². The van der Waals surface area contributed by atoms with Crippen molar-refractivity contribution in [2.24, 2.45) is 5.73 Å². The Labute approximate surface area is 111 Å². The lowest BCUT2D eigenvalue weighted by Crippen LogP contribution is -2.23. The second-order valence-electron chi connectivity index (χ2n) is 4.24. The third-order valence-electron chi connectivity index (χ3n) is 3.00. The van der Waals surface area contributed by atoms with Gasteiger partial charge in [-0.3, -0.25) is 9.78 Å². The van der Waals surface area contributed by atoms with E-state index in [1.807, 2.05) is 12.1 Å². The number of carbonyl (C=O) groups is 1. The molecule has 1 unspecified atom stereocenters. The monoisotopic (exact) mass is 255 g/mol. The molecule has 1 aliphatic rings. The van der Waals surface area contributed by atoms with Crippen molar-refractivity contribution in [3.05, 3.63) is 52.9 Å². The lowest BCUT2D eigenvalue weighted by Gasteiger charge is -2.26. The van der Waals surface area contributed by atoms with Gasteiger partial charge >= 0.3 is 0 Å². The van der Waals surface area contributed by atoms with Crippen molar-refractivity contribution in [2.45, 2.75) is 19.8 Å². The number of hydrogen-bond acceptors (Lipinski definition) is 5. The minimum atomic E-state index is -0.509. The SMILES string of the molecule is CC(=O)C1=C(C)OC(N)=C(C#N)C1c1cccnc1. The summed E-state index contributed by atoms with van der Waals surface area (Å²) in [5.41, 5.74) is 7.17. The van der Waals surface area contributed by atoms with Gasteiger partial charge in [0, 0.05) is 18.0 Å². The normalized spacial score (nSPS) is 18.9. The molecule has 96 valence electrons. The van der Waals surface area contributed by atoms with Gasteiger partial charge in [-0.05, 0) is 25.5 Å². The number of nitriles is 1. The Hall–Kier alpha value is -2.61. The standard InChI is InChI=1S/C14H13N3O2/c1-8(18)12-9(2)19-14(16)11(6-15)13(12)10-4-3-5-17-7-10/h3-5,7,13H,16H2,1-2H3. The highest BCUT2D eigenvalue weighted by molar-refractivity contribution is 5.96. The smallest absolute Gasteiger partial charge is 0.205 e. The Morgan fingerprint density at radius 2 is 2.32 bits per heavy atom. The average molecular weight is 255 g/mol. The van der Waals surface area contributed by atoms with Crippen LogP contribution < -0.4 is 5.73 Å². The van der Waals surface area contributed by atoms with E-state index < -0.39 is 5.92 Å². The second-order valence-corrected chi connectivity index (χ2v) is 4.24. The zero-order chi connectivity index (χ0) is 14.0. The van der Waals surface area contributed by atoms with Crippen LogP contribution in [0.25, 0.3) is 0 Å². The molecule has 0 spiro atoms. The van der Waals surface area contributed by atoms with Gasteiger partial charge in [0.25, 0.3) is 0 Å². The van der Waals surface area contributed by atoms with E-state index in [0.717, 1.165) is 5.56 Å². The third kappa shape index (κ3) is 2.20. The van der Waals surface area contributed by atoms with E-state index in [2.05, 4.69) is 4.98 Å². The van der Waals surface area contributed by atoms with Crippen molar-refractivity contribution >= 4 is 5.78 Å². The van der Waals surface area contributed by atoms with E-state index in [9.17, 15) is 10.1 Å². The van der Waals surface area contributed by atoms with Gasteiger partial charge < -0.3 is 10.5 Å². The Balaban J connectivity index is 2.65. The van der Waals surface area contributed by atoms with Gasteiger partial charge in [0.05, 0.1) is 5.92 Å². The van der Waals surface area contributed by atoms with Crippen molar-refractivity contribution in [2.75, 3.05) is 0 Å². The van der Waals surface area contributed by atoms with Crippen molar-refractivity contribution in [1.29, 1.82) is 5.26 Å². The molecule has 0 aliphatic carbocycles. The number of allylic oxidation sites excluding steroid dienone is 3. The molecule has 1 atom stereocenters. The molecule has 1 aliphatic heterocycles. The fourth-order valence-corrected chi connectivity index (χ4v) is 2.22. The maximum absolute atomic E-state index is 11.8. The van der Waals surface area contributed by atoms with Crippen LogP contribution >= 0.6 is 0 Å². The molecule has 0 fully saturated rings.